The van der Waals surface area contributed by atoms with Gasteiger partial charge in [0, 0.05) is 18.1 Å². The van der Waals surface area contributed by atoms with Gasteiger partial charge in [0.1, 0.15) is 0 Å². The van der Waals surface area contributed by atoms with Crippen LogP contribution in [0.15, 0.2) is 54.9 Å². The molecule has 1 aromatic carbocycles. The van der Waals surface area contributed by atoms with Crippen molar-refractivity contribution in [3.63, 3.8) is 0 Å². The molecule has 0 N–H and O–H groups in total. The molecule has 22 heavy (non-hydrogen) atoms. The predicted octanol–water partition coefficient (Wildman–Crippen LogP) is 3.88. The van der Waals surface area contributed by atoms with Gasteiger partial charge in [-0.1, -0.05) is 30.3 Å². The van der Waals surface area contributed by atoms with E-state index in [4.69, 9.17) is 4.74 Å². The molecule has 0 saturated heterocycles. The molecule has 0 radical (unpaired) electrons. The van der Waals surface area contributed by atoms with Crippen molar-refractivity contribution in [2.75, 3.05) is 6.61 Å². The van der Waals surface area contributed by atoms with Crippen LogP contribution >= 0.6 is 11.8 Å². The van der Waals surface area contributed by atoms with E-state index in [-0.39, 0.29) is 11.2 Å². The summed E-state index contributed by atoms with van der Waals surface area (Å²) in [5, 5.41) is -0.138. The van der Waals surface area contributed by atoms with Crippen molar-refractivity contribution >= 4 is 17.7 Å². The number of hydrogen-bond acceptors (Lipinski definition) is 4. The Bertz CT molecular complexity index is 560. The average molecular weight is 315 g/mol. The maximum atomic E-state index is 11.9. The van der Waals surface area contributed by atoms with Crippen LogP contribution in [0, 0.1) is 0 Å². The number of rotatable bonds is 8. The molecule has 3 nitrogen and oxygen atoms in total. The third kappa shape index (κ3) is 5.90. The van der Waals surface area contributed by atoms with Crippen LogP contribution in [0.4, 0.5) is 0 Å². The van der Waals surface area contributed by atoms with Crippen molar-refractivity contribution in [2.24, 2.45) is 0 Å². The predicted molar refractivity (Wildman–Crippen MR) is 90.7 cm³/mol. The molecule has 4 heteroatoms. The summed E-state index contributed by atoms with van der Waals surface area (Å²) in [5.74, 6) is 0.698. The normalized spacial score (nSPS) is 11.9. The van der Waals surface area contributed by atoms with Gasteiger partial charge in [0.05, 0.1) is 11.9 Å². The third-order valence-electron chi connectivity index (χ3n) is 3.28. The molecular formula is C18H21NO2S. The fourth-order valence-corrected chi connectivity index (χ4v) is 2.82. The molecule has 0 aliphatic rings. The molecule has 1 heterocycles. The number of ether oxygens (including phenoxy) is 1. The molecule has 1 unspecified atom stereocenters. The molecule has 0 bridgehead atoms. The van der Waals surface area contributed by atoms with Gasteiger partial charge in [0.2, 0.25) is 0 Å². The molecule has 0 fully saturated rings. The molecular weight excluding hydrogens is 294 g/mol. The molecule has 0 aliphatic heterocycles. The van der Waals surface area contributed by atoms with E-state index in [1.807, 2.05) is 37.3 Å². The van der Waals surface area contributed by atoms with Crippen LogP contribution in [-0.4, -0.2) is 22.8 Å². The van der Waals surface area contributed by atoms with Crippen LogP contribution < -0.4 is 0 Å². The van der Waals surface area contributed by atoms with Gasteiger partial charge >= 0.3 is 5.97 Å². The minimum Gasteiger partial charge on any atom is -0.465 e. The number of pyridine rings is 1. The number of thioether (sulfide) groups is 1. The number of carbonyl (C=O) groups excluding carboxylic acids is 1. The van der Waals surface area contributed by atoms with E-state index in [0.717, 1.165) is 18.6 Å². The van der Waals surface area contributed by atoms with Crippen molar-refractivity contribution in [1.29, 1.82) is 0 Å². The highest BCUT2D eigenvalue weighted by molar-refractivity contribution is 7.99. The van der Waals surface area contributed by atoms with Gasteiger partial charge in [-0.05, 0) is 43.0 Å². The quantitative estimate of drug-likeness (QED) is 0.547. The van der Waals surface area contributed by atoms with Crippen molar-refractivity contribution in [2.45, 2.75) is 30.8 Å². The Morgan fingerprint density at radius 1 is 1.14 bits per heavy atom. The van der Waals surface area contributed by atoms with Gasteiger partial charge in [-0.3, -0.25) is 9.78 Å². The molecule has 0 saturated carbocycles. The zero-order valence-corrected chi connectivity index (χ0v) is 13.6. The van der Waals surface area contributed by atoms with Crippen LogP contribution in [0.3, 0.4) is 0 Å². The lowest BCUT2D eigenvalue weighted by Crippen LogP contribution is -2.18. The minimum absolute atomic E-state index is 0.129. The number of carbonyl (C=O) groups is 1. The molecule has 1 atom stereocenters. The maximum absolute atomic E-state index is 11.9. The Balaban J connectivity index is 1.62. The number of aryl methyl sites for hydroxylation is 1. The maximum Gasteiger partial charge on any atom is 0.318 e. The average Bonchev–Trinajstić information content (AvgIpc) is 2.58. The molecule has 1 aromatic heterocycles. The number of nitrogens with zero attached hydrogens (tertiary/aromatic N) is 1. The van der Waals surface area contributed by atoms with Gasteiger partial charge in [0.15, 0.2) is 0 Å². The zero-order valence-electron chi connectivity index (χ0n) is 12.8. The first-order chi connectivity index (χ1) is 10.8. The van der Waals surface area contributed by atoms with Crippen LogP contribution in [0.5, 0.6) is 0 Å². The minimum atomic E-state index is -0.138. The number of hydrogen-bond donors (Lipinski definition) is 0. The highest BCUT2D eigenvalue weighted by Gasteiger charge is 2.14. The van der Waals surface area contributed by atoms with Crippen molar-refractivity contribution in [3.8, 4) is 0 Å². The summed E-state index contributed by atoms with van der Waals surface area (Å²) in [6.07, 6.45) is 5.31. The topological polar surface area (TPSA) is 39.2 Å². The Labute approximate surface area is 136 Å². The summed E-state index contributed by atoms with van der Waals surface area (Å²) in [7, 11) is 0. The highest BCUT2D eigenvalue weighted by Crippen LogP contribution is 2.18. The summed E-state index contributed by atoms with van der Waals surface area (Å²) in [5.41, 5.74) is 2.45. The van der Waals surface area contributed by atoms with E-state index in [2.05, 4.69) is 17.1 Å². The summed E-state index contributed by atoms with van der Waals surface area (Å²) in [6.45, 7) is 2.37. The second-order valence-corrected chi connectivity index (χ2v) is 6.39. The van der Waals surface area contributed by atoms with E-state index in [1.54, 1.807) is 24.2 Å². The SMILES string of the molecule is CC(SCc1ccccc1)C(=O)OCCCc1ccncc1. The first-order valence-electron chi connectivity index (χ1n) is 7.47. The third-order valence-corrected chi connectivity index (χ3v) is 4.47. The summed E-state index contributed by atoms with van der Waals surface area (Å²) in [6, 6.07) is 14.1. The number of esters is 1. The second kappa shape index (κ2) is 9.26. The lowest BCUT2D eigenvalue weighted by molar-refractivity contribution is -0.142. The smallest absolute Gasteiger partial charge is 0.318 e. The summed E-state index contributed by atoms with van der Waals surface area (Å²) < 4.78 is 5.34. The first kappa shape index (κ1) is 16.6. The molecule has 2 aromatic rings. The van der Waals surface area contributed by atoms with Crippen molar-refractivity contribution < 1.29 is 9.53 Å². The van der Waals surface area contributed by atoms with E-state index >= 15 is 0 Å². The number of benzene rings is 1. The van der Waals surface area contributed by atoms with Crippen molar-refractivity contribution in [1.82, 2.24) is 4.98 Å². The molecule has 0 amide bonds. The molecule has 2 rings (SSSR count). The first-order valence-corrected chi connectivity index (χ1v) is 8.51. The van der Waals surface area contributed by atoms with E-state index in [1.165, 1.54) is 11.1 Å². The Morgan fingerprint density at radius 2 is 1.86 bits per heavy atom. The Morgan fingerprint density at radius 3 is 2.59 bits per heavy atom. The van der Waals surface area contributed by atoms with Gasteiger partial charge in [0.25, 0.3) is 0 Å². The fourth-order valence-electron chi connectivity index (χ4n) is 1.98. The van der Waals surface area contributed by atoms with Crippen LogP contribution in [0.2, 0.25) is 0 Å². The van der Waals surface area contributed by atoms with E-state index in [0.29, 0.717) is 6.61 Å². The second-order valence-electron chi connectivity index (χ2n) is 5.07. The standard InChI is InChI=1S/C18H21NO2S/c1-15(22-14-17-6-3-2-4-7-17)18(20)21-13-5-8-16-9-11-19-12-10-16/h2-4,6-7,9-12,15H,5,8,13-14H2,1H3. The highest BCUT2D eigenvalue weighted by atomic mass is 32.2. The van der Waals surface area contributed by atoms with Crippen LogP contribution in [0.1, 0.15) is 24.5 Å². The van der Waals surface area contributed by atoms with Gasteiger partial charge in [-0.2, -0.15) is 0 Å². The summed E-state index contributed by atoms with van der Waals surface area (Å²) >= 11 is 1.61. The van der Waals surface area contributed by atoms with Gasteiger partial charge < -0.3 is 4.74 Å². The fraction of sp³-hybridized carbons (Fsp3) is 0.333. The lowest BCUT2D eigenvalue weighted by atomic mass is 10.1. The molecule has 0 aliphatic carbocycles. The van der Waals surface area contributed by atoms with Crippen molar-refractivity contribution in [3.05, 3.63) is 66.0 Å². The van der Waals surface area contributed by atoms with E-state index in [9.17, 15) is 4.79 Å². The van der Waals surface area contributed by atoms with Gasteiger partial charge in [-0.15, -0.1) is 11.8 Å². The monoisotopic (exact) mass is 315 g/mol. The largest absolute Gasteiger partial charge is 0.465 e. The Kier molecular flexibility index (Phi) is 6.97. The number of aromatic nitrogens is 1. The zero-order chi connectivity index (χ0) is 15.6. The molecule has 0 spiro atoms. The van der Waals surface area contributed by atoms with Crippen LogP contribution in [-0.2, 0) is 21.7 Å². The lowest BCUT2D eigenvalue weighted by Gasteiger charge is -2.11. The summed E-state index contributed by atoms with van der Waals surface area (Å²) in [4.78, 5) is 15.9. The Hall–Kier alpha value is -1.81. The van der Waals surface area contributed by atoms with Gasteiger partial charge in [-0.25, -0.2) is 0 Å². The molecule has 116 valence electrons. The van der Waals surface area contributed by atoms with E-state index < -0.39 is 0 Å². The van der Waals surface area contributed by atoms with Crippen LogP contribution in [0.25, 0.3) is 0 Å².